The normalized spacial score (nSPS) is 10.3. The molecule has 2 rings (SSSR count). The Hall–Kier alpha value is -1.87. The summed E-state index contributed by atoms with van der Waals surface area (Å²) in [6.07, 6.45) is 4.32. The van der Waals surface area contributed by atoms with Gasteiger partial charge in [0.15, 0.2) is 0 Å². The summed E-state index contributed by atoms with van der Waals surface area (Å²) in [5, 5.41) is 8.83. The summed E-state index contributed by atoms with van der Waals surface area (Å²) < 4.78 is 5.68. The molecule has 0 fully saturated rings. The molecule has 3 nitrogen and oxygen atoms in total. The lowest BCUT2D eigenvalue weighted by Crippen LogP contribution is -1.97. The molecule has 0 saturated heterocycles. The number of pyridine rings is 1. The van der Waals surface area contributed by atoms with E-state index in [1.165, 1.54) is 0 Å². The predicted molar refractivity (Wildman–Crippen MR) is 70.5 cm³/mol. The fourth-order valence-electron chi connectivity index (χ4n) is 1.74. The van der Waals surface area contributed by atoms with E-state index in [0.717, 1.165) is 22.4 Å². The molecule has 0 aliphatic carbocycles. The Bertz CT molecular complexity index is 494. The second kappa shape index (κ2) is 6.17. The first-order chi connectivity index (χ1) is 8.78. The number of nitrogens with zero attached hydrogens (tertiary/aromatic N) is 1. The van der Waals surface area contributed by atoms with Gasteiger partial charge in [-0.05, 0) is 42.7 Å². The van der Waals surface area contributed by atoms with Crippen LogP contribution in [0.3, 0.4) is 0 Å². The second-order valence-corrected chi connectivity index (χ2v) is 4.28. The van der Waals surface area contributed by atoms with Crippen molar-refractivity contribution in [1.29, 1.82) is 0 Å². The Kier molecular flexibility index (Phi) is 4.31. The molecule has 1 aromatic carbocycles. The van der Waals surface area contributed by atoms with Crippen molar-refractivity contribution in [2.75, 3.05) is 6.61 Å². The summed E-state index contributed by atoms with van der Waals surface area (Å²) >= 11 is 0. The van der Waals surface area contributed by atoms with Gasteiger partial charge in [-0.2, -0.15) is 0 Å². The van der Waals surface area contributed by atoms with Crippen LogP contribution in [-0.2, 0) is 13.0 Å². The third kappa shape index (κ3) is 3.57. The molecule has 0 saturated carbocycles. The molecule has 1 heterocycles. The van der Waals surface area contributed by atoms with Crippen molar-refractivity contribution in [3.8, 4) is 5.75 Å². The van der Waals surface area contributed by atoms with E-state index in [4.69, 9.17) is 9.84 Å². The van der Waals surface area contributed by atoms with Gasteiger partial charge in [-0.25, -0.2) is 0 Å². The van der Waals surface area contributed by atoms with Crippen LogP contribution in [0.1, 0.15) is 16.7 Å². The van der Waals surface area contributed by atoms with Crippen LogP contribution in [0.25, 0.3) is 0 Å². The highest BCUT2D eigenvalue weighted by atomic mass is 16.5. The van der Waals surface area contributed by atoms with Gasteiger partial charge in [0.1, 0.15) is 12.4 Å². The zero-order chi connectivity index (χ0) is 12.8. The SMILES string of the molecule is Cc1cncc(COc2ccc(CCO)cc2)c1. The molecule has 0 amide bonds. The molecule has 1 N–H and O–H groups in total. The number of ether oxygens (including phenoxy) is 1. The van der Waals surface area contributed by atoms with Gasteiger partial charge in [0.2, 0.25) is 0 Å². The maximum Gasteiger partial charge on any atom is 0.119 e. The summed E-state index contributed by atoms with van der Waals surface area (Å²) in [4.78, 5) is 4.13. The number of aliphatic hydroxyl groups excluding tert-OH is 1. The van der Waals surface area contributed by atoms with E-state index in [1.807, 2.05) is 43.6 Å². The Balaban J connectivity index is 1.93. The average molecular weight is 243 g/mol. The molecular formula is C15H17NO2. The minimum atomic E-state index is 0.176. The third-order valence-electron chi connectivity index (χ3n) is 2.66. The minimum absolute atomic E-state index is 0.176. The van der Waals surface area contributed by atoms with Crippen LogP contribution in [0.2, 0.25) is 0 Å². The lowest BCUT2D eigenvalue weighted by atomic mass is 10.1. The fourth-order valence-corrected chi connectivity index (χ4v) is 1.74. The van der Waals surface area contributed by atoms with E-state index in [9.17, 15) is 0 Å². The first-order valence-electron chi connectivity index (χ1n) is 6.01. The Morgan fingerprint density at radius 3 is 2.56 bits per heavy atom. The van der Waals surface area contributed by atoms with Crippen LogP contribution < -0.4 is 4.74 Å². The molecule has 0 aliphatic heterocycles. The Labute approximate surface area is 107 Å². The largest absolute Gasteiger partial charge is 0.489 e. The maximum atomic E-state index is 8.83. The molecule has 1 aromatic heterocycles. The first-order valence-corrected chi connectivity index (χ1v) is 6.01. The quantitative estimate of drug-likeness (QED) is 0.877. The number of aliphatic hydroxyl groups is 1. The van der Waals surface area contributed by atoms with E-state index >= 15 is 0 Å². The van der Waals surface area contributed by atoms with Crippen molar-refractivity contribution in [1.82, 2.24) is 4.98 Å². The van der Waals surface area contributed by atoms with E-state index in [1.54, 1.807) is 0 Å². The Morgan fingerprint density at radius 1 is 1.11 bits per heavy atom. The van der Waals surface area contributed by atoms with Crippen LogP contribution >= 0.6 is 0 Å². The van der Waals surface area contributed by atoms with E-state index in [-0.39, 0.29) is 6.61 Å². The van der Waals surface area contributed by atoms with Gasteiger partial charge >= 0.3 is 0 Å². The monoisotopic (exact) mass is 243 g/mol. The standard InChI is InChI=1S/C15H17NO2/c1-12-8-14(10-16-9-12)11-18-15-4-2-13(3-5-15)6-7-17/h2-5,8-10,17H,6-7,11H2,1H3. The molecule has 0 radical (unpaired) electrons. The summed E-state index contributed by atoms with van der Waals surface area (Å²) in [7, 11) is 0. The summed E-state index contributed by atoms with van der Waals surface area (Å²) in [6.45, 7) is 2.71. The smallest absolute Gasteiger partial charge is 0.119 e. The molecule has 18 heavy (non-hydrogen) atoms. The van der Waals surface area contributed by atoms with Gasteiger partial charge in [0.05, 0.1) is 0 Å². The van der Waals surface area contributed by atoms with Crippen LogP contribution in [0.15, 0.2) is 42.7 Å². The summed E-state index contributed by atoms with van der Waals surface area (Å²) in [6, 6.07) is 9.86. The second-order valence-electron chi connectivity index (χ2n) is 4.28. The van der Waals surface area contributed by atoms with Crippen molar-refractivity contribution in [2.24, 2.45) is 0 Å². The number of aromatic nitrogens is 1. The highest BCUT2D eigenvalue weighted by Crippen LogP contribution is 2.14. The van der Waals surface area contributed by atoms with Gasteiger partial charge in [-0.15, -0.1) is 0 Å². The van der Waals surface area contributed by atoms with Crippen LogP contribution in [0.4, 0.5) is 0 Å². The Morgan fingerprint density at radius 2 is 1.89 bits per heavy atom. The van der Waals surface area contributed by atoms with Gasteiger partial charge < -0.3 is 9.84 Å². The third-order valence-corrected chi connectivity index (χ3v) is 2.66. The molecule has 94 valence electrons. The molecule has 0 atom stereocenters. The van der Waals surface area contributed by atoms with Crippen LogP contribution in [0, 0.1) is 6.92 Å². The molecule has 0 aliphatic rings. The molecular weight excluding hydrogens is 226 g/mol. The number of hydrogen-bond donors (Lipinski definition) is 1. The van der Waals surface area contributed by atoms with Crippen molar-refractivity contribution in [3.63, 3.8) is 0 Å². The first kappa shape index (κ1) is 12.6. The summed E-state index contributed by atoms with van der Waals surface area (Å²) in [5.41, 5.74) is 3.31. The van der Waals surface area contributed by atoms with Gasteiger partial charge in [0.25, 0.3) is 0 Å². The van der Waals surface area contributed by atoms with Crippen LogP contribution in [-0.4, -0.2) is 16.7 Å². The van der Waals surface area contributed by atoms with Crippen LogP contribution in [0.5, 0.6) is 5.75 Å². The van der Waals surface area contributed by atoms with E-state index < -0.39 is 0 Å². The van der Waals surface area contributed by atoms with Gasteiger partial charge in [-0.3, -0.25) is 4.98 Å². The van der Waals surface area contributed by atoms with E-state index in [2.05, 4.69) is 11.1 Å². The van der Waals surface area contributed by atoms with Crippen molar-refractivity contribution in [3.05, 3.63) is 59.4 Å². The molecule has 0 spiro atoms. The number of benzene rings is 1. The molecule has 3 heteroatoms. The topological polar surface area (TPSA) is 42.4 Å². The predicted octanol–water partition coefficient (Wildman–Crippen LogP) is 2.50. The highest BCUT2D eigenvalue weighted by molar-refractivity contribution is 5.28. The lowest BCUT2D eigenvalue weighted by molar-refractivity contribution is 0.298. The van der Waals surface area contributed by atoms with Crippen molar-refractivity contribution in [2.45, 2.75) is 20.0 Å². The average Bonchev–Trinajstić information content (AvgIpc) is 2.38. The lowest BCUT2D eigenvalue weighted by Gasteiger charge is -2.07. The molecule has 2 aromatic rings. The van der Waals surface area contributed by atoms with E-state index in [0.29, 0.717) is 13.0 Å². The fraction of sp³-hybridized carbons (Fsp3) is 0.267. The number of rotatable bonds is 5. The zero-order valence-electron chi connectivity index (χ0n) is 10.5. The van der Waals surface area contributed by atoms with Gasteiger partial charge in [0, 0.05) is 24.6 Å². The minimum Gasteiger partial charge on any atom is -0.489 e. The van der Waals surface area contributed by atoms with Crippen molar-refractivity contribution >= 4 is 0 Å². The number of aryl methyl sites for hydroxylation is 1. The highest BCUT2D eigenvalue weighted by Gasteiger charge is 1.98. The maximum absolute atomic E-state index is 8.83. The zero-order valence-corrected chi connectivity index (χ0v) is 10.5. The molecule has 0 unspecified atom stereocenters. The summed E-state index contributed by atoms with van der Waals surface area (Å²) in [5.74, 6) is 0.832. The van der Waals surface area contributed by atoms with Crippen molar-refractivity contribution < 1.29 is 9.84 Å². The van der Waals surface area contributed by atoms with Gasteiger partial charge in [-0.1, -0.05) is 12.1 Å². The molecule has 0 bridgehead atoms. The number of hydrogen-bond acceptors (Lipinski definition) is 3.